The van der Waals surface area contributed by atoms with Crippen molar-refractivity contribution in [3.05, 3.63) is 72.7 Å². The van der Waals surface area contributed by atoms with Gasteiger partial charge in [-0.2, -0.15) is 0 Å². The van der Waals surface area contributed by atoms with E-state index in [9.17, 15) is 9.59 Å². The van der Waals surface area contributed by atoms with Crippen LogP contribution in [0.3, 0.4) is 0 Å². The highest BCUT2D eigenvalue weighted by Crippen LogP contribution is 2.31. The highest BCUT2D eigenvalue weighted by molar-refractivity contribution is 5.99. The molecule has 0 spiro atoms. The van der Waals surface area contributed by atoms with Crippen molar-refractivity contribution in [2.75, 3.05) is 12.4 Å². The fraction of sp³-hybridized carbons (Fsp3) is 0.143. The Morgan fingerprint density at radius 3 is 2.32 bits per heavy atom. The highest BCUT2D eigenvalue weighted by atomic mass is 16.5. The van der Waals surface area contributed by atoms with Gasteiger partial charge in [0.1, 0.15) is 11.8 Å². The molecule has 2 N–H and O–H groups in total. The molecule has 3 aromatic rings. The van der Waals surface area contributed by atoms with E-state index < -0.39 is 11.9 Å². The number of benzene rings is 2. The molecule has 0 saturated carbocycles. The van der Waals surface area contributed by atoms with Gasteiger partial charge >= 0.3 is 0 Å². The number of para-hydroxylation sites is 2. The summed E-state index contributed by atoms with van der Waals surface area (Å²) >= 11 is 0. The quantitative estimate of drug-likeness (QED) is 0.650. The van der Waals surface area contributed by atoms with Gasteiger partial charge in [-0.15, -0.1) is 0 Å². The molecule has 7 nitrogen and oxygen atoms in total. The Morgan fingerprint density at radius 2 is 1.68 bits per heavy atom. The first kappa shape index (κ1) is 19.0. The first-order chi connectivity index (χ1) is 13.6. The summed E-state index contributed by atoms with van der Waals surface area (Å²) in [5, 5.41) is 5.32. The van der Waals surface area contributed by atoms with Gasteiger partial charge in [0.05, 0.1) is 13.4 Å². The SMILES string of the molecule is COc1ccccc1Oc1ccc(NC(=O)[C@H](C)NC(=O)c2ccco2)cc1. The minimum absolute atomic E-state index is 0.150. The molecule has 0 aliphatic rings. The van der Waals surface area contributed by atoms with Crippen LogP contribution in [0.5, 0.6) is 17.2 Å². The predicted molar refractivity (Wildman–Crippen MR) is 104 cm³/mol. The minimum atomic E-state index is -0.734. The number of hydrogen-bond donors (Lipinski definition) is 2. The van der Waals surface area contributed by atoms with Gasteiger partial charge in [-0.1, -0.05) is 12.1 Å². The van der Waals surface area contributed by atoms with Crippen molar-refractivity contribution in [1.29, 1.82) is 0 Å². The third-order valence-corrected chi connectivity index (χ3v) is 3.90. The van der Waals surface area contributed by atoms with Crippen molar-refractivity contribution >= 4 is 17.5 Å². The lowest BCUT2D eigenvalue weighted by molar-refractivity contribution is -0.117. The molecule has 0 aliphatic carbocycles. The van der Waals surface area contributed by atoms with Crippen molar-refractivity contribution in [2.24, 2.45) is 0 Å². The van der Waals surface area contributed by atoms with Crippen LogP contribution in [0.25, 0.3) is 0 Å². The van der Waals surface area contributed by atoms with Gasteiger partial charge in [0.2, 0.25) is 5.91 Å². The first-order valence-corrected chi connectivity index (χ1v) is 8.63. The molecular weight excluding hydrogens is 360 g/mol. The normalized spacial score (nSPS) is 11.4. The summed E-state index contributed by atoms with van der Waals surface area (Å²) in [4.78, 5) is 24.2. The number of methoxy groups -OCH3 is 1. The zero-order chi connectivity index (χ0) is 19.9. The fourth-order valence-electron chi connectivity index (χ4n) is 2.43. The summed E-state index contributed by atoms with van der Waals surface area (Å²) in [6, 6.07) is 16.6. The third kappa shape index (κ3) is 4.70. The average molecular weight is 380 g/mol. The Hall–Kier alpha value is -3.74. The van der Waals surface area contributed by atoms with E-state index in [1.807, 2.05) is 18.2 Å². The molecule has 0 bridgehead atoms. The number of amides is 2. The molecule has 144 valence electrons. The van der Waals surface area contributed by atoms with Crippen molar-refractivity contribution in [3.63, 3.8) is 0 Å². The van der Waals surface area contributed by atoms with Gasteiger partial charge in [0.15, 0.2) is 17.3 Å². The van der Waals surface area contributed by atoms with Crippen LogP contribution >= 0.6 is 0 Å². The molecule has 0 unspecified atom stereocenters. The van der Waals surface area contributed by atoms with Crippen molar-refractivity contribution in [3.8, 4) is 17.2 Å². The van der Waals surface area contributed by atoms with Gasteiger partial charge in [0, 0.05) is 5.69 Å². The second kappa shape index (κ2) is 8.77. The van der Waals surface area contributed by atoms with Gasteiger partial charge in [-0.25, -0.2) is 0 Å². The highest BCUT2D eigenvalue weighted by Gasteiger charge is 2.18. The minimum Gasteiger partial charge on any atom is -0.493 e. The molecule has 1 heterocycles. The van der Waals surface area contributed by atoms with Crippen LogP contribution in [-0.4, -0.2) is 25.0 Å². The number of nitrogens with one attached hydrogen (secondary N) is 2. The predicted octanol–water partition coefficient (Wildman–Crippen LogP) is 3.84. The third-order valence-electron chi connectivity index (χ3n) is 3.90. The van der Waals surface area contributed by atoms with E-state index in [0.717, 1.165) is 0 Å². The van der Waals surface area contributed by atoms with E-state index in [1.54, 1.807) is 50.4 Å². The molecular formula is C21H20N2O5. The maximum Gasteiger partial charge on any atom is 0.287 e. The zero-order valence-electron chi connectivity index (χ0n) is 15.5. The molecule has 2 aromatic carbocycles. The second-order valence-corrected chi connectivity index (χ2v) is 5.94. The Bertz CT molecular complexity index is 936. The van der Waals surface area contributed by atoms with Crippen LogP contribution in [0.1, 0.15) is 17.5 Å². The van der Waals surface area contributed by atoms with Gasteiger partial charge < -0.3 is 24.5 Å². The maximum absolute atomic E-state index is 12.3. The average Bonchev–Trinajstić information content (AvgIpc) is 3.25. The summed E-state index contributed by atoms with van der Waals surface area (Å²) in [7, 11) is 1.58. The molecule has 1 atom stereocenters. The molecule has 3 rings (SSSR count). The number of hydrogen-bond acceptors (Lipinski definition) is 5. The monoisotopic (exact) mass is 380 g/mol. The number of rotatable bonds is 7. The fourth-order valence-corrected chi connectivity index (χ4v) is 2.43. The Balaban J connectivity index is 1.57. The maximum atomic E-state index is 12.3. The van der Waals surface area contributed by atoms with E-state index in [-0.39, 0.29) is 11.7 Å². The lowest BCUT2D eigenvalue weighted by atomic mass is 10.2. The summed E-state index contributed by atoms with van der Waals surface area (Å²) in [6.07, 6.45) is 1.40. The van der Waals surface area contributed by atoms with Crippen LogP contribution in [-0.2, 0) is 4.79 Å². The van der Waals surface area contributed by atoms with Crippen LogP contribution in [0, 0.1) is 0 Å². The molecule has 1 aromatic heterocycles. The zero-order valence-corrected chi connectivity index (χ0v) is 15.5. The van der Waals surface area contributed by atoms with E-state index in [4.69, 9.17) is 13.9 Å². The topological polar surface area (TPSA) is 89.8 Å². The van der Waals surface area contributed by atoms with E-state index in [0.29, 0.717) is 22.9 Å². The molecule has 28 heavy (non-hydrogen) atoms. The molecule has 0 radical (unpaired) electrons. The Labute approximate surface area is 162 Å². The number of carbonyl (C=O) groups is 2. The smallest absolute Gasteiger partial charge is 0.287 e. The number of furan rings is 1. The Kier molecular flexibility index (Phi) is 5.96. The van der Waals surface area contributed by atoms with Crippen LogP contribution in [0.15, 0.2) is 71.3 Å². The summed E-state index contributed by atoms with van der Waals surface area (Å²) in [5.74, 6) is 1.17. The molecule has 7 heteroatoms. The lowest BCUT2D eigenvalue weighted by Gasteiger charge is -2.14. The summed E-state index contributed by atoms with van der Waals surface area (Å²) in [6.45, 7) is 1.59. The van der Waals surface area contributed by atoms with Crippen molar-refractivity contribution in [1.82, 2.24) is 5.32 Å². The largest absolute Gasteiger partial charge is 0.493 e. The summed E-state index contributed by atoms with van der Waals surface area (Å²) < 4.78 is 16.1. The Morgan fingerprint density at radius 1 is 0.964 bits per heavy atom. The standard InChI is InChI=1S/C21H20N2O5/c1-14(22-21(25)19-8-5-13-27-19)20(24)23-15-9-11-16(12-10-15)28-18-7-4-3-6-17(18)26-2/h3-14H,1-2H3,(H,22,25)(H,23,24)/t14-/m0/s1. The lowest BCUT2D eigenvalue weighted by Crippen LogP contribution is -2.41. The van der Waals surface area contributed by atoms with Crippen molar-refractivity contribution < 1.29 is 23.5 Å². The molecule has 0 fully saturated rings. The second-order valence-electron chi connectivity index (χ2n) is 5.94. The number of ether oxygens (including phenoxy) is 2. The van der Waals surface area contributed by atoms with E-state index >= 15 is 0 Å². The van der Waals surface area contributed by atoms with E-state index in [1.165, 1.54) is 12.3 Å². The molecule has 0 saturated heterocycles. The van der Waals surface area contributed by atoms with Crippen LogP contribution < -0.4 is 20.1 Å². The number of anilines is 1. The first-order valence-electron chi connectivity index (χ1n) is 8.63. The summed E-state index contributed by atoms with van der Waals surface area (Å²) in [5.41, 5.74) is 0.580. The van der Waals surface area contributed by atoms with E-state index in [2.05, 4.69) is 10.6 Å². The van der Waals surface area contributed by atoms with Crippen LogP contribution in [0.4, 0.5) is 5.69 Å². The van der Waals surface area contributed by atoms with Crippen LogP contribution in [0.2, 0.25) is 0 Å². The van der Waals surface area contributed by atoms with Crippen molar-refractivity contribution in [2.45, 2.75) is 13.0 Å². The van der Waals surface area contributed by atoms with Gasteiger partial charge in [-0.3, -0.25) is 9.59 Å². The van der Waals surface area contributed by atoms with Gasteiger partial charge in [-0.05, 0) is 55.5 Å². The van der Waals surface area contributed by atoms with Gasteiger partial charge in [0.25, 0.3) is 5.91 Å². The number of carbonyl (C=O) groups excluding carboxylic acids is 2. The molecule has 2 amide bonds. The molecule has 0 aliphatic heterocycles.